The van der Waals surface area contributed by atoms with Crippen LogP contribution in [0, 0.1) is 0 Å². The summed E-state index contributed by atoms with van der Waals surface area (Å²) in [5.74, 6) is -0.160. The SMILES string of the molecule is CC(C)(C)OC(=O)Nc1cc(CSc2ncccc2C(=O)O)ccn1. The lowest BCUT2D eigenvalue weighted by Gasteiger charge is -2.19. The number of aromatic nitrogens is 2. The van der Waals surface area contributed by atoms with Gasteiger partial charge in [0, 0.05) is 18.1 Å². The molecule has 2 heterocycles. The highest BCUT2D eigenvalue weighted by Crippen LogP contribution is 2.25. The van der Waals surface area contributed by atoms with E-state index in [9.17, 15) is 14.7 Å². The summed E-state index contributed by atoms with van der Waals surface area (Å²) in [4.78, 5) is 31.2. The summed E-state index contributed by atoms with van der Waals surface area (Å²) in [6.45, 7) is 5.33. The molecular weight excluding hydrogens is 342 g/mol. The Morgan fingerprint density at radius 3 is 2.68 bits per heavy atom. The molecular formula is C17H19N3O4S. The minimum absolute atomic E-state index is 0.161. The van der Waals surface area contributed by atoms with E-state index in [0.717, 1.165) is 5.56 Å². The second-order valence-electron chi connectivity index (χ2n) is 6.13. The molecule has 7 nitrogen and oxygen atoms in total. The molecule has 0 aliphatic carbocycles. The number of ether oxygens (including phenoxy) is 1. The smallest absolute Gasteiger partial charge is 0.413 e. The third-order valence-corrected chi connectivity index (χ3v) is 3.91. The first-order valence-corrected chi connectivity index (χ1v) is 8.49. The topological polar surface area (TPSA) is 101 Å². The largest absolute Gasteiger partial charge is 0.478 e. The molecule has 0 unspecified atom stereocenters. The van der Waals surface area contributed by atoms with Crippen molar-refractivity contribution in [3.05, 3.63) is 47.8 Å². The van der Waals surface area contributed by atoms with Gasteiger partial charge in [0.2, 0.25) is 0 Å². The molecule has 2 aromatic heterocycles. The van der Waals surface area contributed by atoms with Crippen LogP contribution < -0.4 is 5.32 Å². The van der Waals surface area contributed by atoms with Crippen molar-refractivity contribution in [3.63, 3.8) is 0 Å². The van der Waals surface area contributed by atoms with Gasteiger partial charge >= 0.3 is 12.1 Å². The van der Waals surface area contributed by atoms with E-state index in [1.165, 1.54) is 17.8 Å². The van der Waals surface area contributed by atoms with Gasteiger partial charge in [0.15, 0.2) is 0 Å². The number of nitrogens with one attached hydrogen (secondary N) is 1. The summed E-state index contributed by atoms with van der Waals surface area (Å²) in [5.41, 5.74) is 0.436. The maximum Gasteiger partial charge on any atom is 0.413 e. The monoisotopic (exact) mass is 361 g/mol. The summed E-state index contributed by atoms with van der Waals surface area (Å²) in [6.07, 6.45) is 2.54. The lowest BCUT2D eigenvalue weighted by molar-refractivity contribution is 0.0633. The Morgan fingerprint density at radius 2 is 2.00 bits per heavy atom. The molecule has 0 saturated heterocycles. The van der Waals surface area contributed by atoms with Crippen LogP contribution in [0.2, 0.25) is 0 Å². The van der Waals surface area contributed by atoms with Gasteiger partial charge in [0.1, 0.15) is 16.4 Å². The quantitative estimate of drug-likeness (QED) is 0.781. The fourth-order valence-corrected chi connectivity index (χ4v) is 2.79. The van der Waals surface area contributed by atoms with E-state index >= 15 is 0 Å². The van der Waals surface area contributed by atoms with Gasteiger partial charge < -0.3 is 9.84 Å². The van der Waals surface area contributed by atoms with Crippen molar-refractivity contribution in [2.75, 3.05) is 5.32 Å². The van der Waals surface area contributed by atoms with Crippen LogP contribution in [0.1, 0.15) is 36.7 Å². The van der Waals surface area contributed by atoms with E-state index in [2.05, 4.69) is 15.3 Å². The number of pyridine rings is 2. The lowest BCUT2D eigenvalue weighted by atomic mass is 10.2. The van der Waals surface area contributed by atoms with E-state index in [1.807, 2.05) is 0 Å². The molecule has 0 aromatic carbocycles. The molecule has 0 aliphatic heterocycles. The summed E-state index contributed by atoms with van der Waals surface area (Å²) < 4.78 is 5.18. The molecule has 0 saturated carbocycles. The first-order valence-electron chi connectivity index (χ1n) is 7.50. The maximum atomic E-state index is 11.8. The molecule has 0 spiro atoms. The molecule has 0 atom stereocenters. The Labute approximate surface area is 149 Å². The highest BCUT2D eigenvalue weighted by molar-refractivity contribution is 7.98. The summed E-state index contributed by atoms with van der Waals surface area (Å²) >= 11 is 1.30. The lowest BCUT2D eigenvalue weighted by Crippen LogP contribution is -2.27. The third-order valence-electron chi connectivity index (χ3n) is 2.83. The number of nitrogens with zero attached hydrogens (tertiary/aromatic N) is 2. The molecule has 1 amide bonds. The molecule has 25 heavy (non-hydrogen) atoms. The van der Waals surface area contributed by atoms with E-state index in [1.54, 1.807) is 51.4 Å². The van der Waals surface area contributed by atoms with Gasteiger partial charge in [-0.15, -0.1) is 11.8 Å². The number of carbonyl (C=O) groups excluding carboxylic acids is 1. The zero-order chi connectivity index (χ0) is 18.4. The normalized spacial score (nSPS) is 11.0. The van der Waals surface area contributed by atoms with Crippen LogP contribution in [0.3, 0.4) is 0 Å². The standard InChI is InChI=1S/C17H19N3O4S/c1-17(2,3)24-16(23)20-13-9-11(6-8-18-13)10-25-14-12(15(21)22)5-4-7-19-14/h4-9H,10H2,1-3H3,(H,21,22)(H,18,20,23). The van der Waals surface area contributed by atoms with E-state index in [-0.39, 0.29) is 5.56 Å². The first-order chi connectivity index (χ1) is 11.7. The number of thioether (sulfide) groups is 1. The van der Waals surface area contributed by atoms with Crippen LogP contribution in [0.25, 0.3) is 0 Å². The second kappa shape index (κ2) is 7.98. The Hall–Kier alpha value is -2.61. The third kappa shape index (κ3) is 6.07. The predicted molar refractivity (Wildman–Crippen MR) is 94.9 cm³/mol. The fourth-order valence-electron chi connectivity index (χ4n) is 1.86. The highest BCUT2D eigenvalue weighted by atomic mass is 32.2. The molecule has 2 N–H and O–H groups in total. The Bertz CT molecular complexity index is 774. The van der Waals surface area contributed by atoms with Crippen molar-refractivity contribution in [3.8, 4) is 0 Å². The second-order valence-corrected chi connectivity index (χ2v) is 7.09. The van der Waals surface area contributed by atoms with Gasteiger partial charge in [-0.3, -0.25) is 5.32 Å². The Balaban J connectivity index is 2.03. The van der Waals surface area contributed by atoms with Crippen LogP contribution in [0.5, 0.6) is 0 Å². The van der Waals surface area contributed by atoms with Gasteiger partial charge in [0.05, 0.1) is 5.56 Å². The van der Waals surface area contributed by atoms with Crippen molar-refractivity contribution >= 4 is 29.6 Å². The van der Waals surface area contributed by atoms with Crippen molar-refractivity contribution in [1.82, 2.24) is 9.97 Å². The zero-order valence-corrected chi connectivity index (χ0v) is 15.0. The maximum absolute atomic E-state index is 11.8. The van der Waals surface area contributed by atoms with E-state index in [0.29, 0.717) is 16.6 Å². The minimum Gasteiger partial charge on any atom is -0.478 e. The molecule has 2 rings (SSSR count). The number of hydrogen-bond acceptors (Lipinski definition) is 6. The number of hydrogen-bond donors (Lipinski definition) is 2. The van der Waals surface area contributed by atoms with Crippen LogP contribution in [-0.2, 0) is 10.5 Å². The number of rotatable bonds is 5. The number of amides is 1. The average Bonchev–Trinajstić information content (AvgIpc) is 2.51. The first kappa shape index (κ1) is 18.7. The van der Waals surface area contributed by atoms with E-state index < -0.39 is 17.7 Å². The van der Waals surface area contributed by atoms with Crippen LogP contribution in [0.15, 0.2) is 41.7 Å². The van der Waals surface area contributed by atoms with Crippen molar-refractivity contribution in [2.45, 2.75) is 37.2 Å². The number of carbonyl (C=O) groups is 2. The van der Waals surface area contributed by atoms with Crippen molar-refractivity contribution < 1.29 is 19.4 Å². The average molecular weight is 361 g/mol. The van der Waals surface area contributed by atoms with Gasteiger partial charge in [-0.25, -0.2) is 19.6 Å². The summed E-state index contributed by atoms with van der Waals surface area (Å²) in [5, 5.41) is 12.2. The number of aromatic carboxylic acids is 1. The summed E-state index contributed by atoms with van der Waals surface area (Å²) in [7, 11) is 0. The van der Waals surface area contributed by atoms with Crippen LogP contribution in [-0.4, -0.2) is 32.7 Å². The van der Waals surface area contributed by atoms with Gasteiger partial charge in [-0.1, -0.05) is 0 Å². The minimum atomic E-state index is -1.02. The molecule has 0 aliphatic rings. The number of anilines is 1. The fraction of sp³-hybridized carbons (Fsp3) is 0.294. The Kier molecular flexibility index (Phi) is 5.97. The molecule has 132 valence electrons. The van der Waals surface area contributed by atoms with Crippen molar-refractivity contribution in [2.24, 2.45) is 0 Å². The zero-order valence-electron chi connectivity index (χ0n) is 14.1. The van der Waals surface area contributed by atoms with Crippen LogP contribution in [0.4, 0.5) is 10.6 Å². The highest BCUT2D eigenvalue weighted by Gasteiger charge is 2.17. The van der Waals surface area contributed by atoms with Gasteiger partial charge in [-0.2, -0.15) is 0 Å². The number of carboxylic acids is 1. The number of carboxylic acid groups (broad SMARTS) is 1. The van der Waals surface area contributed by atoms with E-state index in [4.69, 9.17) is 4.74 Å². The molecule has 0 fully saturated rings. The molecule has 8 heteroatoms. The van der Waals surface area contributed by atoms with Gasteiger partial charge in [-0.05, 0) is 50.6 Å². The van der Waals surface area contributed by atoms with Crippen LogP contribution >= 0.6 is 11.8 Å². The molecule has 0 radical (unpaired) electrons. The predicted octanol–water partition coefficient (Wildman–Crippen LogP) is 3.81. The summed E-state index contributed by atoms with van der Waals surface area (Å²) in [6, 6.07) is 6.60. The molecule has 2 aromatic rings. The molecule has 0 bridgehead atoms. The Morgan fingerprint density at radius 1 is 1.24 bits per heavy atom. The van der Waals surface area contributed by atoms with Gasteiger partial charge in [0.25, 0.3) is 0 Å². The van der Waals surface area contributed by atoms with Crippen molar-refractivity contribution in [1.29, 1.82) is 0 Å².